The van der Waals surface area contributed by atoms with Gasteiger partial charge in [0.15, 0.2) is 5.78 Å². The molecule has 1 aromatic carbocycles. The highest BCUT2D eigenvalue weighted by molar-refractivity contribution is 6.78. The van der Waals surface area contributed by atoms with Gasteiger partial charge in [-0.25, -0.2) is 0 Å². The Labute approximate surface area is 147 Å². The minimum atomic E-state index is -1.99. The van der Waals surface area contributed by atoms with Crippen molar-refractivity contribution < 1.29 is 9.22 Å². The SMILES string of the molecule is Cc1cc(C(=O)CCl)c(C)cc1O[Si](C(C)C)(C(C)C)C(C)C. The fourth-order valence-electron chi connectivity index (χ4n) is 3.82. The molecule has 0 N–H and O–H groups in total. The van der Waals surface area contributed by atoms with Crippen molar-refractivity contribution in [2.75, 3.05) is 5.88 Å². The Hall–Kier alpha value is -0.803. The van der Waals surface area contributed by atoms with Crippen molar-refractivity contribution in [2.45, 2.75) is 72.0 Å². The van der Waals surface area contributed by atoms with E-state index in [4.69, 9.17) is 16.0 Å². The van der Waals surface area contributed by atoms with E-state index in [9.17, 15) is 4.79 Å². The second-order valence-corrected chi connectivity index (χ2v) is 13.1. The van der Waals surface area contributed by atoms with Crippen molar-refractivity contribution in [1.82, 2.24) is 0 Å². The molecule has 0 amide bonds. The number of rotatable bonds is 7. The van der Waals surface area contributed by atoms with Crippen LogP contribution in [0.5, 0.6) is 5.75 Å². The van der Waals surface area contributed by atoms with Gasteiger partial charge in [0, 0.05) is 5.56 Å². The van der Waals surface area contributed by atoms with Crippen LogP contribution in [0.25, 0.3) is 0 Å². The van der Waals surface area contributed by atoms with E-state index in [0.717, 1.165) is 16.9 Å². The lowest BCUT2D eigenvalue weighted by atomic mass is 10.0. The maximum absolute atomic E-state index is 11.9. The number of Topliss-reactive ketones (excluding diaryl/α,β-unsaturated/α-hetero) is 1. The molecule has 23 heavy (non-hydrogen) atoms. The number of alkyl halides is 1. The third kappa shape index (κ3) is 4.00. The van der Waals surface area contributed by atoms with Gasteiger partial charge in [-0.05, 0) is 53.7 Å². The predicted molar refractivity (Wildman–Crippen MR) is 103 cm³/mol. The summed E-state index contributed by atoms with van der Waals surface area (Å²) in [7, 11) is -1.99. The summed E-state index contributed by atoms with van der Waals surface area (Å²) in [5.74, 6) is 0.915. The molecule has 1 rings (SSSR count). The molecule has 0 saturated carbocycles. The van der Waals surface area contributed by atoms with Crippen molar-refractivity contribution in [3.8, 4) is 5.75 Å². The maximum Gasteiger partial charge on any atom is 0.258 e. The van der Waals surface area contributed by atoms with Crippen LogP contribution in [0.4, 0.5) is 0 Å². The van der Waals surface area contributed by atoms with Crippen molar-refractivity contribution in [1.29, 1.82) is 0 Å². The normalized spacial score (nSPS) is 12.3. The number of ketones is 1. The van der Waals surface area contributed by atoms with Crippen LogP contribution >= 0.6 is 11.6 Å². The molecule has 0 aliphatic rings. The van der Waals surface area contributed by atoms with Gasteiger partial charge >= 0.3 is 0 Å². The molecule has 2 nitrogen and oxygen atoms in total. The van der Waals surface area contributed by atoms with Crippen LogP contribution in [0.3, 0.4) is 0 Å². The van der Waals surface area contributed by atoms with Crippen molar-refractivity contribution in [3.63, 3.8) is 0 Å². The fraction of sp³-hybridized carbons (Fsp3) is 0.632. The molecule has 0 aliphatic carbocycles. The summed E-state index contributed by atoms with van der Waals surface area (Å²) in [5, 5.41) is 0. The molecule has 0 heterocycles. The number of aryl methyl sites for hydroxylation is 2. The van der Waals surface area contributed by atoms with E-state index in [1.54, 1.807) is 0 Å². The molecule has 0 atom stereocenters. The van der Waals surface area contributed by atoms with Gasteiger partial charge in [-0.3, -0.25) is 4.79 Å². The molecule has 0 unspecified atom stereocenters. The molecule has 1 aromatic rings. The number of carbonyl (C=O) groups is 1. The molecular formula is C19H31ClO2Si. The molecular weight excluding hydrogens is 324 g/mol. The van der Waals surface area contributed by atoms with Crippen LogP contribution in [-0.4, -0.2) is 20.0 Å². The summed E-state index contributed by atoms with van der Waals surface area (Å²) in [4.78, 5) is 11.9. The fourth-order valence-corrected chi connectivity index (χ4v) is 9.27. The van der Waals surface area contributed by atoms with Crippen LogP contribution in [0, 0.1) is 13.8 Å². The van der Waals surface area contributed by atoms with Crippen molar-refractivity contribution in [2.24, 2.45) is 0 Å². The molecule has 0 spiro atoms. The Morgan fingerprint density at radius 2 is 1.48 bits per heavy atom. The molecule has 0 fully saturated rings. The van der Waals surface area contributed by atoms with E-state index in [2.05, 4.69) is 41.5 Å². The molecule has 0 bridgehead atoms. The van der Waals surface area contributed by atoms with Gasteiger partial charge in [0.05, 0.1) is 5.88 Å². The second-order valence-electron chi connectivity index (χ2n) is 7.41. The van der Waals surface area contributed by atoms with Crippen LogP contribution in [0.1, 0.15) is 63.0 Å². The molecule has 0 aliphatic heterocycles. The number of carbonyl (C=O) groups excluding carboxylic acids is 1. The highest BCUT2D eigenvalue weighted by Gasteiger charge is 2.47. The van der Waals surface area contributed by atoms with E-state index in [1.165, 1.54) is 0 Å². The van der Waals surface area contributed by atoms with E-state index in [-0.39, 0.29) is 11.7 Å². The smallest absolute Gasteiger partial charge is 0.258 e. The lowest BCUT2D eigenvalue weighted by molar-refractivity contribution is 0.102. The maximum atomic E-state index is 11.9. The average Bonchev–Trinajstić information content (AvgIpc) is 2.45. The first-order chi connectivity index (χ1) is 10.6. The summed E-state index contributed by atoms with van der Waals surface area (Å²) >= 11 is 5.71. The predicted octanol–water partition coefficient (Wildman–Crippen LogP) is 6.28. The van der Waals surface area contributed by atoms with Gasteiger partial charge in [-0.1, -0.05) is 41.5 Å². The highest BCUT2D eigenvalue weighted by Crippen LogP contribution is 2.43. The minimum Gasteiger partial charge on any atom is -0.543 e. The number of hydrogen-bond donors (Lipinski definition) is 0. The Balaban J connectivity index is 3.36. The Bertz CT molecular complexity index is 543. The monoisotopic (exact) mass is 354 g/mol. The standard InChI is InChI=1S/C19H31ClO2Si/c1-12(2)23(13(3)4,14(5)6)22-19-10-15(7)17(9-16(19)8)18(21)11-20/h9-10,12-14H,11H2,1-8H3. The van der Waals surface area contributed by atoms with Crippen molar-refractivity contribution >= 4 is 25.7 Å². The zero-order chi connectivity index (χ0) is 17.9. The van der Waals surface area contributed by atoms with Gasteiger partial charge < -0.3 is 4.43 Å². The minimum absolute atomic E-state index is 0.0170. The molecule has 4 heteroatoms. The van der Waals surface area contributed by atoms with E-state index < -0.39 is 8.32 Å². The first-order valence-electron chi connectivity index (χ1n) is 8.47. The summed E-state index contributed by atoms with van der Waals surface area (Å²) in [6, 6.07) is 3.94. The van der Waals surface area contributed by atoms with Crippen molar-refractivity contribution in [3.05, 3.63) is 28.8 Å². The zero-order valence-electron chi connectivity index (χ0n) is 15.8. The number of benzene rings is 1. The quantitative estimate of drug-likeness (QED) is 0.327. The average molecular weight is 355 g/mol. The topological polar surface area (TPSA) is 26.3 Å². The lowest BCUT2D eigenvalue weighted by Gasteiger charge is -2.42. The lowest BCUT2D eigenvalue weighted by Crippen LogP contribution is -2.50. The molecule has 0 saturated heterocycles. The summed E-state index contributed by atoms with van der Waals surface area (Å²) in [6.07, 6.45) is 0. The molecule has 0 radical (unpaired) electrons. The Morgan fingerprint density at radius 1 is 1.00 bits per heavy atom. The third-order valence-electron chi connectivity index (χ3n) is 4.94. The Kier molecular flexibility index (Phi) is 6.91. The second kappa shape index (κ2) is 7.85. The van der Waals surface area contributed by atoms with E-state index >= 15 is 0 Å². The summed E-state index contributed by atoms with van der Waals surface area (Å²) in [5.41, 5.74) is 4.22. The van der Waals surface area contributed by atoms with Crippen LogP contribution in [0.2, 0.25) is 16.6 Å². The molecule has 130 valence electrons. The van der Waals surface area contributed by atoms with Gasteiger partial charge in [0.1, 0.15) is 5.75 Å². The Morgan fingerprint density at radius 3 is 1.87 bits per heavy atom. The van der Waals surface area contributed by atoms with E-state index in [1.807, 2.05) is 26.0 Å². The third-order valence-corrected chi connectivity index (χ3v) is 11.2. The van der Waals surface area contributed by atoms with Gasteiger partial charge in [0.25, 0.3) is 8.32 Å². The van der Waals surface area contributed by atoms with Crippen LogP contribution < -0.4 is 4.43 Å². The first-order valence-corrected chi connectivity index (χ1v) is 11.1. The number of hydrogen-bond acceptors (Lipinski definition) is 2. The summed E-state index contributed by atoms with van der Waals surface area (Å²) in [6.45, 7) is 17.6. The number of halogens is 1. The van der Waals surface area contributed by atoms with Gasteiger partial charge in [-0.15, -0.1) is 11.6 Å². The van der Waals surface area contributed by atoms with Gasteiger partial charge in [-0.2, -0.15) is 0 Å². The first kappa shape index (κ1) is 20.2. The van der Waals surface area contributed by atoms with Gasteiger partial charge in [0.2, 0.25) is 0 Å². The van der Waals surface area contributed by atoms with E-state index in [0.29, 0.717) is 22.2 Å². The largest absolute Gasteiger partial charge is 0.543 e. The highest BCUT2D eigenvalue weighted by atomic mass is 35.5. The molecule has 0 aromatic heterocycles. The summed E-state index contributed by atoms with van der Waals surface area (Å²) < 4.78 is 6.76. The van der Waals surface area contributed by atoms with Crippen LogP contribution in [-0.2, 0) is 0 Å². The van der Waals surface area contributed by atoms with Crippen LogP contribution in [0.15, 0.2) is 12.1 Å². The zero-order valence-corrected chi connectivity index (χ0v) is 17.5.